The second-order valence-corrected chi connectivity index (χ2v) is 4.95. The van der Waals surface area contributed by atoms with Crippen molar-refractivity contribution in [2.24, 2.45) is 5.92 Å². The van der Waals surface area contributed by atoms with Crippen LogP contribution in [0.4, 0.5) is 5.69 Å². The summed E-state index contributed by atoms with van der Waals surface area (Å²) in [5.41, 5.74) is 0.668. The molecule has 0 bridgehead atoms. The number of carbonyl (C=O) groups excluding carboxylic acids is 1. The number of hydrogen-bond acceptors (Lipinski definition) is 1. The molecule has 0 heterocycles. The Balaban J connectivity index is 2.76. The molecule has 0 radical (unpaired) electrons. The van der Waals surface area contributed by atoms with Gasteiger partial charge in [0.1, 0.15) is 0 Å². The van der Waals surface area contributed by atoms with Gasteiger partial charge in [-0.25, -0.2) is 0 Å². The van der Waals surface area contributed by atoms with Crippen molar-refractivity contribution in [1.29, 1.82) is 0 Å². The maximum Gasteiger partial charge on any atom is 0.227 e. The second-order valence-electron chi connectivity index (χ2n) is 3.63. The van der Waals surface area contributed by atoms with Crippen LogP contribution in [0.25, 0.3) is 0 Å². The highest BCUT2D eigenvalue weighted by Crippen LogP contribution is 2.26. The molecule has 0 aromatic heterocycles. The van der Waals surface area contributed by atoms with Crippen LogP contribution in [0.2, 0.25) is 5.02 Å². The highest BCUT2D eigenvalue weighted by molar-refractivity contribution is 9.10. The molecule has 0 atom stereocenters. The Hall–Kier alpha value is -0.540. The van der Waals surface area contributed by atoms with Crippen LogP contribution in [-0.4, -0.2) is 5.91 Å². The van der Waals surface area contributed by atoms with Crippen LogP contribution >= 0.6 is 27.5 Å². The van der Waals surface area contributed by atoms with Crippen LogP contribution in [0.5, 0.6) is 0 Å². The summed E-state index contributed by atoms with van der Waals surface area (Å²) in [7, 11) is 0. The molecule has 0 saturated heterocycles. The van der Waals surface area contributed by atoms with Crippen molar-refractivity contribution in [1.82, 2.24) is 0 Å². The lowest BCUT2D eigenvalue weighted by atomic mass is 10.0. The van der Waals surface area contributed by atoms with Crippen molar-refractivity contribution in [2.75, 3.05) is 5.32 Å². The van der Waals surface area contributed by atoms with Crippen molar-refractivity contribution in [3.8, 4) is 0 Å². The third kappa shape index (κ3) is 3.49. The zero-order chi connectivity index (χ0) is 12.1. The fraction of sp³-hybridized carbons (Fsp3) is 0.417. The topological polar surface area (TPSA) is 29.1 Å². The molecule has 2 nitrogen and oxygen atoms in total. The fourth-order valence-corrected chi connectivity index (χ4v) is 2.21. The Morgan fingerprint density at radius 3 is 2.56 bits per heavy atom. The van der Waals surface area contributed by atoms with Gasteiger partial charge in [0.05, 0.1) is 10.7 Å². The molecule has 0 unspecified atom stereocenters. The minimum absolute atomic E-state index is 0.0363. The minimum atomic E-state index is 0.0363. The lowest BCUT2D eigenvalue weighted by molar-refractivity contribution is -0.120. The molecule has 0 aliphatic carbocycles. The Morgan fingerprint density at radius 2 is 2.06 bits per heavy atom. The predicted octanol–water partition coefficient (Wildman–Crippen LogP) is 4.48. The molecule has 1 aromatic carbocycles. The first-order valence-corrected chi connectivity index (χ1v) is 6.51. The fourth-order valence-electron chi connectivity index (χ4n) is 1.49. The predicted molar refractivity (Wildman–Crippen MR) is 71.9 cm³/mol. The largest absolute Gasteiger partial charge is 0.325 e. The van der Waals surface area contributed by atoms with Crippen LogP contribution in [0.15, 0.2) is 22.7 Å². The number of rotatable bonds is 4. The van der Waals surface area contributed by atoms with Crippen LogP contribution in [-0.2, 0) is 4.79 Å². The number of carbonyl (C=O) groups is 1. The molecule has 0 spiro atoms. The van der Waals surface area contributed by atoms with Crippen molar-refractivity contribution < 1.29 is 4.79 Å². The molecule has 1 amide bonds. The molecule has 1 aromatic rings. The monoisotopic (exact) mass is 303 g/mol. The summed E-state index contributed by atoms with van der Waals surface area (Å²) in [6.45, 7) is 4.02. The Labute approximate surface area is 110 Å². The van der Waals surface area contributed by atoms with Crippen molar-refractivity contribution in [2.45, 2.75) is 26.7 Å². The molecule has 0 aliphatic rings. The molecule has 16 heavy (non-hydrogen) atoms. The number of nitrogens with one attached hydrogen (secondary N) is 1. The summed E-state index contributed by atoms with van der Waals surface area (Å²) in [4.78, 5) is 11.8. The zero-order valence-corrected chi connectivity index (χ0v) is 11.7. The molecule has 88 valence electrons. The summed E-state index contributed by atoms with van der Waals surface area (Å²) >= 11 is 9.34. The summed E-state index contributed by atoms with van der Waals surface area (Å²) in [5.74, 6) is 0.0916. The van der Waals surface area contributed by atoms with E-state index >= 15 is 0 Å². The summed E-state index contributed by atoms with van der Waals surface area (Å²) in [6, 6.07) is 5.42. The van der Waals surface area contributed by atoms with E-state index in [4.69, 9.17) is 11.6 Å². The second kappa shape index (κ2) is 6.26. The van der Waals surface area contributed by atoms with Crippen LogP contribution in [0.3, 0.4) is 0 Å². The quantitative estimate of drug-likeness (QED) is 0.873. The minimum Gasteiger partial charge on any atom is -0.325 e. The van der Waals surface area contributed by atoms with E-state index in [1.54, 1.807) is 12.1 Å². The number of halogens is 2. The SMILES string of the molecule is CCC(CC)C(=O)Nc1ccc(Br)cc1Cl. The average molecular weight is 305 g/mol. The first-order valence-electron chi connectivity index (χ1n) is 5.34. The lowest BCUT2D eigenvalue weighted by Crippen LogP contribution is -2.21. The maximum atomic E-state index is 11.8. The Bertz CT molecular complexity index is 377. The average Bonchev–Trinajstić information content (AvgIpc) is 2.24. The highest BCUT2D eigenvalue weighted by atomic mass is 79.9. The van der Waals surface area contributed by atoms with Crippen LogP contribution in [0.1, 0.15) is 26.7 Å². The molecule has 1 N–H and O–H groups in total. The van der Waals surface area contributed by atoms with Gasteiger partial charge in [-0.15, -0.1) is 0 Å². The number of benzene rings is 1. The molecular weight excluding hydrogens is 289 g/mol. The van der Waals surface area contributed by atoms with Crippen LogP contribution < -0.4 is 5.32 Å². The first-order chi connectivity index (χ1) is 7.58. The lowest BCUT2D eigenvalue weighted by Gasteiger charge is -2.13. The molecule has 4 heteroatoms. The van der Waals surface area contributed by atoms with E-state index in [1.807, 2.05) is 19.9 Å². The third-order valence-electron chi connectivity index (χ3n) is 2.55. The number of anilines is 1. The first kappa shape index (κ1) is 13.5. The summed E-state index contributed by atoms with van der Waals surface area (Å²) < 4.78 is 0.901. The van der Waals surface area contributed by atoms with Gasteiger partial charge in [0, 0.05) is 10.4 Å². The van der Waals surface area contributed by atoms with E-state index in [1.165, 1.54) is 0 Å². The number of hydrogen-bond donors (Lipinski definition) is 1. The van der Waals surface area contributed by atoms with Crippen LogP contribution in [0, 0.1) is 5.92 Å². The molecule has 0 aliphatic heterocycles. The molecular formula is C12H15BrClNO. The van der Waals surface area contributed by atoms with Gasteiger partial charge in [0.2, 0.25) is 5.91 Å². The highest BCUT2D eigenvalue weighted by Gasteiger charge is 2.15. The van der Waals surface area contributed by atoms with Gasteiger partial charge in [0.15, 0.2) is 0 Å². The van der Waals surface area contributed by atoms with Gasteiger partial charge in [-0.2, -0.15) is 0 Å². The summed E-state index contributed by atoms with van der Waals surface area (Å²) in [5, 5.41) is 3.40. The van der Waals surface area contributed by atoms with E-state index in [0.717, 1.165) is 17.3 Å². The van der Waals surface area contributed by atoms with E-state index in [2.05, 4.69) is 21.2 Å². The Kier molecular flexibility index (Phi) is 5.29. The van der Waals surface area contributed by atoms with Crippen molar-refractivity contribution >= 4 is 39.1 Å². The smallest absolute Gasteiger partial charge is 0.227 e. The van der Waals surface area contributed by atoms with Gasteiger partial charge in [-0.1, -0.05) is 41.4 Å². The van der Waals surface area contributed by atoms with Gasteiger partial charge in [0.25, 0.3) is 0 Å². The van der Waals surface area contributed by atoms with Crippen molar-refractivity contribution in [3.63, 3.8) is 0 Å². The molecule has 0 fully saturated rings. The van der Waals surface area contributed by atoms with Gasteiger partial charge >= 0.3 is 0 Å². The Morgan fingerprint density at radius 1 is 1.44 bits per heavy atom. The van der Waals surface area contributed by atoms with Gasteiger partial charge in [-0.05, 0) is 31.0 Å². The number of amides is 1. The normalized spacial score (nSPS) is 10.6. The van der Waals surface area contributed by atoms with E-state index < -0.39 is 0 Å². The molecule has 1 rings (SSSR count). The third-order valence-corrected chi connectivity index (χ3v) is 3.35. The van der Waals surface area contributed by atoms with Crippen molar-refractivity contribution in [3.05, 3.63) is 27.7 Å². The molecule has 0 saturated carbocycles. The zero-order valence-electron chi connectivity index (χ0n) is 9.39. The van der Waals surface area contributed by atoms with E-state index in [-0.39, 0.29) is 11.8 Å². The van der Waals surface area contributed by atoms with E-state index in [9.17, 15) is 4.79 Å². The van der Waals surface area contributed by atoms with Gasteiger partial charge < -0.3 is 5.32 Å². The standard InChI is InChI=1S/C12H15BrClNO/c1-3-8(4-2)12(16)15-11-6-5-9(13)7-10(11)14/h5-8H,3-4H2,1-2H3,(H,15,16). The summed E-state index contributed by atoms with van der Waals surface area (Å²) in [6.07, 6.45) is 1.69. The van der Waals surface area contributed by atoms with E-state index in [0.29, 0.717) is 10.7 Å². The maximum absolute atomic E-state index is 11.8. The van der Waals surface area contributed by atoms with Gasteiger partial charge in [-0.3, -0.25) is 4.79 Å².